The molecule has 0 aliphatic carbocycles. The van der Waals surface area contributed by atoms with Crippen molar-refractivity contribution >= 4 is 5.78 Å². The van der Waals surface area contributed by atoms with Crippen LogP contribution in [0.1, 0.15) is 17.0 Å². The number of hydrogen-bond donors (Lipinski definition) is 0. The summed E-state index contributed by atoms with van der Waals surface area (Å²) in [5.74, 6) is -0.517. The molecule has 1 aromatic heterocycles. The average Bonchev–Trinajstić information content (AvgIpc) is 2.83. The maximum atomic E-state index is 12.7. The lowest BCUT2D eigenvalue weighted by molar-refractivity contribution is -0.119. The quantitative estimate of drug-likeness (QED) is 0.842. The molecule has 2 aromatic rings. The number of carbonyl (C=O) groups excluding carboxylic acids is 1. The summed E-state index contributed by atoms with van der Waals surface area (Å²) < 4.78 is 14.1. The predicted molar refractivity (Wildman–Crippen MR) is 66.8 cm³/mol. The average molecular weight is 268 g/mol. The molecule has 0 aliphatic rings. The third kappa shape index (κ3) is 2.88. The zero-order chi connectivity index (χ0) is 14.5. The van der Waals surface area contributed by atoms with Crippen LogP contribution in [0.4, 0.5) is 4.39 Å². The number of benzene rings is 1. The first kappa shape index (κ1) is 13.4. The van der Waals surface area contributed by atoms with Gasteiger partial charge in [0.05, 0.1) is 12.9 Å². The molecule has 2 rings (SSSR count). The van der Waals surface area contributed by atoms with Crippen molar-refractivity contribution < 1.29 is 9.18 Å². The van der Waals surface area contributed by atoms with Crippen molar-refractivity contribution in [2.24, 2.45) is 0 Å². The van der Waals surface area contributed by atoms with Gasteiger partial charge in [0.15, 0.2) is 17.2 Å². The summed E-state index contributed by atoms with van der Waals surface area (Å²) in [6.07, 6.45) is 1.42. The second kappa shape index (κ2) is 5.77. The molecule has 0 aliphatic heterocycles. The summed E-state index contributed by atoms with van der Waals surface area (Å²) in [5.41, 5.74) is 0.762. The Morgan fingerprint density at radius 1 is 1.25 bits per heavy atom. The van der Waals surface area contributed by atoms with Gasteiger partial charge in [-0.25, -0.2) is 9.37 Å². The first-order valence-corrected chi connectivity index (χ1v) is 5.75. The van der Waals surface area contributed by atoms with E-state index in [4.69, 9.17) is 10.5 Å². The van der Waals surface area contributed by atoms with Crippen molar-refractivity contribution in [2.75, 3.05) is 0 Å². The fraction of sp³-hybridized carbons (Fsp3) is 0.143. The van der Waals surface area contributed by atoms with Crippen molar-refractivity contribution in [3.05, 3.63) is 53.4 Å². The van der Waals surface area contributed by atoms with E-state index in [0.717, 1.165) is 0 Å². The minimum atomic E-state index is -0.360. The maximum Gasteiger partial charge on any atom is 0.176 e. The van der Waals surface area contributed by atoms with E-state index in [1.54, 1.807) is 6.07 Å². The van der Waals surface area contributed by atoms with Crippen LogP contribution in [0.2, 0.25) is 0 Å². The molecule has 0 fully saturated rings. The van der Waals surface area contributed by atoms with Gasteiger partial charge in [-0.2, -0.15) is 10.5 Å². The molecule has 0 bridgehead atoms. The molecular weight excluding hydrogens is 259 g/mol. The van der Waals surface area contributed by atoms with Crippen molar-refractivity contribution in [1.82, 2.24) is 9.55 Å². The number of carbonyl (C=O) groups is 1. The van der Waals surface area contributed by atoms with E-state index in [-0.39, 0.29) is 36.0 Å². The van der Waals surface area contributed by atoms with Gasteiger partial charge in [0.2, 0.25) is 0 Å². The summed E-state index contributed by atoms with van der Waals surface area (Å²) >= 11 is 0. The molecule has 0 spiro atoms. The van der Waals surface area contributed by atoms with E-state index < -0.39 is 0 Å². The molecule has 0 unspecified atom stereocenters. The van der Waals surface area contributed by atoms with Crippen molar-refractivity contribution in [3.63, 3.8) is 0 Å². The predicted octanol–water partition coefficient (Wildman–Crippen LogP) is 1.58. The van der Waals surface area contributed by atoms with Crippen LogP contribution in [0.3, 0.4) is 0 Å². The minimum Gasteiger partial charge on any atom is -0.314 e. The van der Waals surface area contributed by atoms with E-state index in [1.165, 1.54) is 35.2 Å². The van der Waals surface area contributed by atoms with E-state index in [9.17, 15) is 9.18 Å². The summed E-state index contributed by atoms with van der Waals surface area (Å²) in [6, 6.07) is 9.28. The fourth-order valence-corrected chi connectivity index (χ4v) is 1.78. The monoisotopic (exact) mass is 268 g/mol. The molecule has 0 saturated heterocycles. The van der Waals surface area contributed by atoms with Gasteiger partial charge in [-0.15, -0.1) is 0 Å². The van der Waals surface area contributed by atoms with Crippen molar-refractivity contribution in [1.29, 1.82) is 10.5 Å². The van der Waals surface area contributed by atoms with Gasteiger partial charge < -0.3 is 4.57 Å². The number of Topliss-reactive ketones (excluding diaryl/α,β-unsaturated/α-hetero) is 1. The summed E-state index contributed by atoms with van der Waals surface area (Å²) in [6.45, 7) is -0.0467. The van der Waals surface area contributed by atoms with Crippen LogP contribution in [-0.4, -0.2) is 15.3 Å². The molecular formula is C14H9FN4O. The fourth-order valence-electron chi connectivity index (χ4n) is 1.78. The number of rotatable bonds is 4. The van der Waals surface area contributed by atoms with Gasteiger partial charge in [0.1, 0.15) is 18.0 Å². The number of ketones is 1. The summed E-state index contributed by atoms with van der Waals surface area (Å²) in [7, 11) is 0. The Bertz CT molecular complexity index is 719. The smallest absolute Gasteiger partial charge is 0.176 e. The number of nitrogens with zero attached hydrogens (tertiary/aromatic N) is 4. The number of nitriles is 2. The highest BCUT2D eigenvalue weighted by Gasteiger charge is 2.13. The highest BCUT2D eigenvalue weighted by atomic mass is 19.1. The van der Waals surface area contributed by atoms with Crippen molar-refractivity contribution in [3.8, 4) is 12.1 Å². The minimum absolute atomic E-state index is 0.00193. The van der Waals surface area contributed by atoms with E-state index in [2.05, 4.69) is 4.98 Å². The first-order chi connectivity index (χ1) is 9.63. The Kier molecular flexibility index (Phi) is 3.88. The van der Waals surface area contributed by atoms with Crippen LogP contribution in [-0.2, 0) is 17.8 Å². The van der Waals surface area contributed by atoms with Crippen LogP contribution < -0.4 is 0 Å². The van der Waals surface area contributed by atoms with Crippen LogP contribution >= 0.6 is 0 Å². The van der Waals surface area contributed by atoms with Crippen LogP contribution in [0, 0.1) is 28.5 Å². The van der Waals surface area contributed by atoms with Gasteiger partial charge in [0, 0.05) is 6.42 Å². The molecule has 1 aromatic carbocycles. The molecule has 20 heavy (non-hydrogen) atoms. The lowest BCUT2D eigenvalue weighted by atomic mass is 10.1. The third-order valence-electron chi connectivity index (χ3n) is 2.71. The Hall–Kier alpha value is -2.99. The van der Waals surface area contributed by atoms with Crippen LogP contribution in [0.15, 0.2) is 30.6 Å². The summed E-state index contributed by atoms with van der Waals surface area (Å²) in [4.78, 5) is 15.7. The maximum absolute atomic E-state index is 12.7. The molecule has 0 saturated carbocycles. The van der Waals surface area contributed by atoms with E-state index >= 15 is 0 Å². The Morgan fingerprint density at radius 3 is 2.55 bits per heavy atom. The Balaban J connectivity index is 2.09. The molecule has 0 radical (unpaired) electrons. The molecule has 0 amide bonds. The largest absolute Gasteiger partial charge is 0.314 e. The lowest BCUT2D eigenvalue weighted by Crippen LogP contribution is -2.13. The van der Waals surface area contributed by atoms with Gasteiger partial charge >= 0.3 is 0 Å². The van der Waals surface area contributed by atoms with Gasteiger partial charge in [0.25, 0.3) is 0 Å². The van der Waals surface area contributed by atoms with Gasteiger partial charge in [-0.05, 0) is 17.7 Å². The van der Waals surface area contributed by atoms with Crippen LogP contribution in [0.5, 0.6) is 0 Å². The number of halogens is 1. The zero-order valence-corrected chi connectivity index (χ0v) is 10.4. The number of aromatic nitrogens is 2. The molecule has 98 valence electrons. The zero-order valence-electron chi connectivity index (χ0n) is 10.4. The Labute approximate surface area is 114 Å². The highest BCUT2D eigenvalue weighted by molar-refractivity contribution is 5.80. The SMILES string of the molecule is N#Cc1ncn(CC(=O)Cc2ccc(F)cc2)c1C#N. The van der Waals surface area contributed by atoms with E-state index in [0.29, 0.717) is 5.56 Å². The second-order valence-electron chi connectivity index (χ2n) is 4.14. The topological polar surface area (TPSA) is 82.5 Å². The molecule has 1 heterocycles. The lowest BCUT2D eigenvalue weighted by Gasteiger charge is -2.03. The summed E-state index contributed by atoms with van der Waals surface area (Å²) in [5, 5.41) is 17.7. The molecule has 0 N–H and O–H groups in total. The number of hydrogen-bond acceptors (Lipinski definition) is 4. The number of imidazole rings is 1. The van der Waals surface area contributed by atoms with Gasteiger partial charge in [-0.3, -0.25) is 4.79 Å². The van der Waals surface area contributed by atoms with Crippen LogP contribution in [0.25, 0.3) is 0 Å². The Morgan fingerprint density at radius 2 is 1.95 bits per heavy atom. The second-order valence-corrected chi connectivity index (χ2v) is 4.14. The first-order valence-electron chi connectivity index (χ1n) is 5.75. The molecule has 0 atom stereocenters. The third-order valence-corrected chi connectivity index (χ3v) is 2.71. The molecule has 5 nitrogen and oxygen atoms in total. The normalized spacial score (nSPS) is 9.75. The van der Waals surface area contributed by atoms with Crippen molar-refractivity contribution in [2.45, 2.75) is 13.0 Å². The van der Waals surface area contributed by atoms with Gasteiger partial charge in [-0.1, -0.05) is 12.1 Å². The van der Waals surface area contributed by atoms with E-state index in [1.807, 2.05) is 6.07 Å². The highest BCUT2D eigenvalue weighted by Crippen LogP contribution is 2.08. The standard InChI is InChI=1S/C14H9FN4O/c15-11-3-1-10(2-4-11)5-12(20)8-19-9-18-13(6-16)14(19)7-17/h1-4,9H,5,8H2. The molecule has 6 heteroatoms.